The minimum absolute atomic E-state index is 0.167. The Morgan fingerprint density at radius 2 is 2.12 bits per heavy atom. The van der Waals surface area contributed by atoms with Gasteiger partial charge in [-0.25, -0.2) is 4.98 Å². The predicted octanol–water partition coefficient (Wildman–Crippen LogP) is 0.915. The Bertz CT molecular complexity index is 394. The number of piperidine rings is 1. The van der Waals surface area contributed by atoms with E-state index in [1.54, 1.807) is 6.20 Å². The van der Waals surface area contributed by atoms with Gasteiger partial charge in [0.05, 0.1) is 5.41 Å². The molecule has 0 saturated carbocycles. The van der Waals surface area contributed by atoms with Crippen molar-refractivity contribution in [1.29, 1.82) is 0 Å². The zero-order chi connectivity index (χ0) is 11.7. The molecule has 0 bridgehead atoms. The second-order valence-electron chi connectivity index (χ2n) is 4.95. The molecule has 1 aromatic rings. The third-order valence-electron chi connectivity index (χ3n) is 4.08. The van der Waals surface area contributed by atoms with Crippen LogP contribution in [0.1, 0.15) is 22.6 Å². The van der Waals surface area contributed by atoms with E-state index < -0.39 is 0 Å². The Morgan fingerprint density at radius 1 is 1.35 bits per heavy atom. The first kappa shape index (κ1) is 11.3. The monoisotopic (exact) mass is 251 g/mol. The summed E-state index contributed by atoms with van der Waals surface area (Å²) in [5.41, 5.74) is -0.167. The maximum atomic E-state index is 12.6. The Balaban J connectivity index is 1.83. The van der Waals surface area contributed by atoms with Gasteiger partial charge < -0.3 is 10.6 Å². The van der Waals surface area contributed by atoms with Crippen LogP contribution in [-0.4, -0.2) is 36.9 Å². The first-order chi connectivity index (χ1) is 8.33. The predicted molar refractivity (Wildman–Crippen MR) is 67.3 cm³/mol. The van der Waals surface area contributed by atoms with Crippen molar-refractivity contribution >= 4 is 17.1 Å². The summed E-state index contributed by atoms with van der Waals surface area (Å²) in [5.74, 6) is 0.777. The molecule has 2 fully saturated rings. The van der Waals surface area contributed by atoms with Crippen molar-refractivity contribution in [3.63, 3.8) is 0 Å². The number of nitrogens with zero attached hydrogens (tertiary/aromatic N) is 1. The normalized spacial score (nSPS) is 24.2. The van der Waals surface area contributed by atoms with E-state index >= 15 is 0 Å². The van der Waals surface area contributed by atoms with Gasteiger partial charge in [0.25, 0.3) is 0 Å². The number of hydrogen-bond donors (Lipinski definition) is 2. The third kappa shape index (κ3) is 1.82. The van der Waals surface area contributed by atoms with Crippen molar-refractivity contribution in [1.82, 2.24) is 15.6 Å². The molecule has 2 aliphatic heterocycles. The van der Waals surface area contributed by atoms with Gasteiger partial charge in [-0.3, -0.25) is 4.79 Å². The standard InChI is InChI=1S/C12H17N3OS/c16-10(11-15-5-6-17-11)12(7-14-8-12)9-1-3-13-4-2-9/h5-6,9,13-14H,1-4,7-8H2. The fraction of sp³-hybridized carbons (Fsp3) is 0.667. The summed E-state index contributed by atoms with van der Waals surface area (Å²) in [6.45, 7) is 3.74. The molecule has 17 heavy (non-hydrogen) atoms. The van der Waals surface area contributed by atoms with Crippen molar-refractivity contribution in [2.45, 2.75) is 12.8 Å². The number of Topliss-reactive ketones (excluding diaryl/α,β-unsaturated/α-hetero) is 1. The lowest BCUT2D eigenvalue weighted by atomic mass is 9.64. The Kier molecular flexibility index (Phi) is 2.98. The van der Waals surface area contributed by atoms with Gasteiger partial charge in [0.15, 0.2) is 10.8 Å². The molecule has 0 atom stereocenters. The average molecular weight is 251 g/mol. The SMILES string of the molecule is O=C(c1nccs1)C1(C2CCNCC2)CNC1. The van der Waals surface area contributed by atoms with Gasteiger partial charge in [-0.05, 0) is 31.8 Å². The van der Waals surface area contributed by atoms with Crippen molar-refractivity contribution in [3.05, 3.63) is 16.6 Å². The quantitative estimate of drug-likeness (QED) is 0.784. The smallest absolute Gasteiger partial charge is 0.200 e. The van der Waals surface area contributed by atoms with Gasteiger partial charge in [-0.2, -0.15) is 0 Å². The Morgan fingerprint density at radius 3 is 2.65 bits per heavy atom. The number of hydrogen-bond acceptors (Lipinski definition) is 5. The maximum Gasteiger partial charge on any atom is 0.200 e. The van der Waals surface area contributed by atoms with E-state index in [0.29, 0.717) is 10.9 Å². The lowest BCUT2D eigenvalue weighted by Crippen LogP contribution is -2.63. The van der Waals surface area contributed by atoms with E-state index in [0.717, 1.165) is 39.0 Å². The summed E-state index contributed by atoms with van der Waals surface area (Å²) in [4.78, 5) is 16.8. The molecule has 3 rings (SSSR count). The molecule has 5 heteroatoms. The van der Waals surface area contributed by atoms with Gasteiger partial charge in [0.1, 0.15) is 0 Å². The van der Waals surface area contributed by atoms with Gasteiger partial charge in [0.2, 0.25) is 0 Å². The molecule has 2 aliphatic rings. The maximum absolute atomic E-state index is 12.6. The van der Waals surface area contributed by atoms with Crippen LogP contribution in [0.4, 0.5) is 0 Å². The van der Waals surface area contributed by atoms with Crippen molar-refractivity contribution in [2.75, 3.05) is 26.2 Å². The van der Waals surface area contributed by atoms with Gasteiger partial charge in [0, 0.05) is 24.7 Å². The number of ketones is 1. The highest BCUT2D eigenvalue weighted by molar-refractivity contribution is 7.11. The first-order valence-corrected chi connectivity index (χ1v) is 7.07. The lowest BCUT2D eigenvalue weighted by molar-refractivity contribution is 0.0393. The average Bonchev–Trinajstić information content (AvgIpc) is 2.82. The molecule has 0 unspecified atom stereocenters. The lowest BCUT2D eigenvalue weighted by Gasteiger charge is -2.48. The van der Waals surface area contributed by atoms with Crippen LogP contribution >= 0.6 is 11.3 Å². The molecule has 92 valence electrons. The van der Waals surface area contributed by atoms with Crippen LogP contribution in [0, 0.1) is 11.3 Å². The number of nitrogens with one attached hydrogen (secondary N) is 2. The molecule has 1 aromatic heterocycles. The van der Waals surface area contributed by atoms with Crippen LogP contribution in [-0.2, 0) is 0 Å². The fourth-order valence-corrected chi connectivity index (χ4v) is 3.63. The van der Waals surface area contributed by atoms with Crippen molar-refractivity contribution in [2.24, 2.45) is 11.3 Å². The van der Waals surface area contributed by atoms with E-state index in [4.69, 9.17) is 0 Å². The second-order valence-corrected chi connectivity index (χ2v) is 5.84. The van der Waals surface area contributed by atoms with Crippen LogP contribution in [0.5, 0.6) is 0 Å². The summed E-state index contributed by atoms with van der Waals surface area (Å²) in [5, 5.41) is 9.21. The minimum Gasteiger partial charge on any atom is -0.317 e. The summed E-state index contributed by atoms with van der Waals surface area (Å²) >= 11 is 1.47. The van der Waals surface area contributed by atoms with Gasteiger partial charge >= 0.3 is 0 Å². The Labute approximate surface area is 105 Å². The van der Waals surface area contributed by atoms with Crippen LogP contribution < -0.4 is 10.6 Å². The molecule has 4 nitrogen and oxygen atoms in total. The molecular formula is C12H17N3OS. The second kappa shape index (κ2) is 4.48. The number of thiazole rings is 1. The number of carbonyl (C=O) groups is 1. The number of carbonyl (C=O) groups excluding carboxylic acids is 1. The molecule has 0 aromatic carbocycles. The van der Waals surface area contributed by atoms with E-state index in [1.807, 2.05) is 5.38 Å². The summed E-state index contributed by atoms with van der Waals surface area (Å²) in [7, 11) is 0. The summed E-state index contributed by atoms with van der Waals surface area (Å²) in [6.07, 6.45) is 3.94. The molecule has 2 N–H and O–H groups in total. The molecule has 0 amide bonds. The zero-order valence-corrected chi connectivity index (χ0v) is 10.6. The topological polar surface area (TPSA) is 54.0 Å². The third-order valence-corrected chi connectivity index (χ3v) is 4.85. The highest BCUT2D eigenvalue weighted by atomic mass is 32.1. The largest absolute Gasteiger partial charge is 0.317 e. The van der Waals surface area contributed by atoms with Crippen LogP contribution in [0.25, 0.3) is 0 Å². The van der Waals surface area contributed by atoms with Crippen molar-refractivity contribution in [3.8, 4) is 0 Å². The van der Waals surface area contributed by atoms with E-state index in [9.17, 15) is 4.79 Å². The summed E-state index contributed by atoms with van der Waals surface area (Å²) in [6, 6.07) is 0. The van der Waals surface area contributed by atoms with Crippen molar-refractivity contribution < 1.29 is 4.79 Å². The number of rotatable bonds is 3. The molecule has 3 heterocycles. The van der Waals surface area contributed by atoms with Crippen LogP contribution in [0.15, 0.2) is 11.6 Å². The van der Waals surface area contributed by atoms with E-state index in [-0.39, 0.29) is 11.2 Å². The van der Waals surface area contributed by atoms with Crippen LogP contribution in [0.3, 0.4) is 0 Å². The molecule has 0 aliphatic carbocycles. The molecule has 0 radical (unpaired) electrons. The number of aromatic nitrogens is 1. The first-order valence-electron chi connectivity index (χ1n) is 6.19. The van der Waals surface area contributed by atoms with Gasteiger partial charge in [-0.1, -0.05) is 0 Å². The Hall–Kier alpha value is -0.780. The fourth-order valence-electron chi connectivity index (χ4n) is 2.95. The van der Waals surface area contributed by atoms with E-state index in [2.05, 4.69) is 15.6 Å². The zero-order valence-electron chi connectivity index (χ0n) is 9.74. The van der Waals surface area contributed by atoms with Crippen LogP contribution in [0.2, 0.25) is 0 Å². The van der Waals surface area contributed by atoms with E-state index in [1.165, 1.54) is 11.3 Å². The summed E-state index contributed by atoms with van der Waals surface area (Å²) < 4.78 is 0. The highest BCUT2D eigenvalue weighted by Crippen LogP contribution is 2.40. The minimum atomic E-state index is -0.167. The highest BCUT2D eigenvalue weighted by Gasteiger charge is 2.51. The van der Waals surface area contributed by atoms with Gasteiger partial charge in [-0.15, -0.1) is 11.3 Å². The molecule has 0 spiro atoms. The molecular weight excluding hydrogens is 234 g/mol. The molecule has 2 saturated heterocycles.